The molecule has 1 saturated carbocycles. The highest BCUT2D eigenvalue weighted by molar-refractivity contribution is 14.1. The first-order valence-electron chi connectivity index (χ1n) is 11.1. The molecule has 1 atom stereocenters. The van der Waals surface area contributed by atoms with Crippen molar-refractivity contribution in [2.75, 3.05) is 35.5 Å². The Hall–Kier alpha value is -2.60. The lowest BCUT2D eigenvalue weighted by Crippen LogP contribution is -2.37. The molecule has 2 aromatic carbocycles. The number of imide groups is 1. The minimum atomic E-state index is -3.57. The third kappa shape index (κ3) is 5.64. The summed E-state index contributed by atoms with van der Waals surface area (Å²) in [5.41, 5.74) is 2.05. The zero-order chi connectivity index (χ0) is 25.3. The van der Waals surface area contributed by atoms with Crippen molar-refractivity contribution in [3.63, 3.8) is 0 Å². The van der Waals surface area contributed by atoms with Crippen LogP contribution in [0.4, 0.5) is 5.69 Å². The lowest BCUT2D eigenvalue weighted by atomic mass is 10.1. The molecule has 0 radical (unpaired) electrons. The van der Waals surface area contributed by atoms with E-state index in [-0.39, 0.29) is 11.1 Å². The Morgan fingerprint density at radius 2 is 1.94 bits per heavy atom. The maximum atomic E-state index is 13.6. The number of methoxy groups -OCH3 is 1. The Morgan fingerprint density at radius 3 is 2.57 bits per heavy atom. The van der Waals surface area contributed by atoms with Gasteiger partial charge in [0.25, 0.3) is 11.8 Å². The zero-order valence-electron chi connectivity index (χ0n) is 19.5. The van der Waals surface area contributed by atoms with Crippen LogP contribution in [-0.2, 0) is 9.84 Å². The van der Waals surface area contributed by atoms with E-state index < -0.39 is 33.4 Å². The Bertz CT molecular complexity index is 1290. The number of halogens is 1. The van der Waals surface area contributed by atoms with Crippen LogP contribution in [-0.4, -0.2) is 55.3 Å². The number of carbonyl (C=O) groups excluding carboxylic acids is 2. The fourth-order valence-electron chi connectivity index (χ4n) is 4.03. The largest absolute Gasteiger partial charge is 0.493 e. The first-order chi connectivity index (χ1) is 16.6. The average molecular weight is 610 g/mol. The van der Waals surface area contributed by atoms with Gasteiger partial charge in [-0.15, -0.1) is 0 Å². The molecule has 1 aliphatic heterocycles. The van der Waals surface area contributed by atoms with Crippen molar-refractivity contribution < 1.29 is 27.5 Å². The summed E-state index contributed by atoms with van der Waals surface area (Å²) >= 11 is 2.14. The highest BCUT2D eigenvalue weighted by Crippen LogP contribution is 2.39. The van der Waals surface area contributed by atoms with E-state index >= 15 is 0 Å². The van der Waals surface area contributed by atoms with E-state index in [0.29, 0.717) is 45.4 Å². The number of amides is 2. The van der Waals surface area contributed by atoms with Crippen LogP contribution in [0.3, 0.4) is 0 Å². The molecule has 1 unspecified atom stereocenters. The number of allylic oxidation sites excluding steroid dienone is 1. The van der Waals surface area contributed by atoms with Crippen LogP contribution in [0.25, 0.3) is 0 Å². The van der Waals surface area contributed by atoms with E-state index in [9.17, 15) is 18.0 Å². The van der Waals surface area contributed by atoms with Gasteiger partial charge in [-0.2, -0.15) is 0 Å². The van der Waals surface area contributed by atoms with Gasteiger partial charge in [0.1, 0.15) is 9.84 Å². The molecule has 0 bridgehead atoms. The summed E-state index contributed by atoms with van der Waals surface area (Å²) in [5, 5.41) is 3.09. The standard InChI is InChI=1S/C25H27IN2O6S/c1-15(12-26)27-19-6-4-5-18-23(19)25(30)28(24(18)29)20(14-35(3,31)32)17-9-10-21(33-2)22(11-17)34-13-16-7-8-16/h4-6,9-11,16,20,27H,1,7-8,12-14H2,2-3H3. The summed E-state index contributed by atoms with van der Waals surface area (Å²) in [6, 6.07) is 8.92. The second kappa shape index (κ2) is 10.2. The molecule has 1 N–H and O–H groups in total. The average Bonchev–Trinajstić information content (AvgIpc) is 3.61. The van der Waals surface area contributed by atoms with Crippen molar-refractivity contribution in [1.82, 2.24) is 4.90 Å². The minimum Gasteiger partial charge on any atom is -0.493 e. The quantitative estimate of drug-likeness (QED) is 0.231. The van der Waals surface area contributed by atoms with Crippen molar-refractivity contribution in [2.45, 2.75) is 18.9 Å². The number of nitrogens with one attached hydrogen (secondary N) is 1. The number of alkyl halides is 1. The number of fused-ring (bicyclic) bond motifs is 1. The van der Waals surface area contributed by atoms with Gasteiger partial charge in [-0.05, 0) is 48.6 Å². The number of anilines is 1. The van der Waals surface area contributed by atoms with Gasteiger partial charge in [-0.25, -0.2) is 8.42 Å². The molecule has 1 fully saturated rings. The Morgan fingerprint density at radius 1 is 1.20 bits per heavy atom. The number of nitrogens with zero attached hydrogens (tertiary/aromatic N) is 1. The molecule has 8 nitrogen and oxygen atoms in total. The van der Waals surface area contributed by atoms with Gasteiger partial charge in [-0.1, -0.05) is 41.3 Å². The molecule has 2 amide bonds. The molecular weight excluding hydrogens is 583 g/mol. The summed E-state index contributed by atoms with van der Waals surface area (Å²) in [7, 11) is -2.05. The summed E-state index contributed by atoms with van der Waals surface area (Å²) in [6.45, 7) is 4.44. The fourth-order valence-corrected chi connectivity index (χ4v) is 5.13. The number of rotatable bonds is 11. The highest BCUT2D eigenvalue weighted by Gasteiger charge is 2.43. The van der Waals surface area contributed by atoms with Gasteiger partial charge in [0.15, 0.2) is 11.5 Å². The van der Waals surface area contributed by atoms with Crippen molar-refractivity contribution in [3.8, 4) is 11.5 Å². The van der Waals surface area contributed by atoms with Crippen molar-refractivity contribution in [3.05, 3.63) is 65.4 Å². The normalized spacial score (nSPS) is 16.1. The molecule has 4 rings (SSSR count). The molecule has 0 saturated heterocycles. The third-order valence-corrected chi connectivity index (χ3v) is 7.78. The van der Waals surface area contributed by atoms with Crippen LogP contribution in [0.5, 0.6) is 11.5 Å². The van der Waals surface area contributed by atoms with Gasteiger partial charge >= 0.3 is 0 Å². The summed E-state index contributed by atoms with van der Waals surface area (Å²) in [5.74, 6) is -0.0743. The predicted molar refractivity (Wildman–Crippen MR) is 142 cm³/mol. The van der Waals surface area contributed by atoms with Crippen LogP contribution in [0, 0.1) is 5.92 Å². The zero-order valence-corrected chi connectivity index (χ0v) is 22.5. The van der Waals surface area contributed by atoms with Crippen LogP contribution in [0.15, 0.2) is 48.7 Å². The van der Waals surface area contributed by atoms with Crippen LogP contribution < -0.4 is 14.8 Å². The minimum absolute atomic E-state index is 0.209. The van der Waals surface area contributed by atoms with E-state index in [2.05, 4.69) is 34.5 Å². The van der Waals surface area contributed by atoms with E-state index in [1.54, 1.807) is 36.4 Å². The molecule has 2 aromatic rings. The Labute approximate surface area is 218 Å². The molecule has 10 heteroatoms. The number of hydrogen-bond acceptors (Lipinski definition) is 7. The van der Waals surface area contributed by atoms with E-state index in [1.807, 2.05) is 0 Å². The Kier molecular flexibility index (Phi) is 7.41. The first kappa shape index (κ1) is 25.5. The molecule has 35 heavy (non-hydrogen) atoms. The van der Waals surface area contributed by atoms with Crippen molar-refractivity contribution in [1.29, 1.82) is 0 Å². The lowest BCUT2D eigenvalue weighted by molar-refractivity contribution is 0.0597. The van der Waals surface area contributed by atoms with Gasteiger partial charge in [0.2, 0.25) is 0 Å². The first-order valence-corrected chi connectivity index (χ1v) is 14.7. The topological polar surface area (TPSA) is 102 Å². The van der Waals surface area contributed by atoms with Crippen LogP contribution in [0.2, 0.25) is 0 Å². The number of ether oxygens (including phenoxy) is 2. The summed E-state index contributed by atoms with van der Waals surface area (Å²) in [6.07, 6.45) is 3.30. The van der Waals surface area contributed by atoms with E-state index in [1.165, 1.54) is 7.11 Å². The summed E-state index contributed by atoms with van der Waals surface area (Å²) < 4.78 is 36.8. The number of carbonyl (C=O) groups is 2. The molecular formula is C25H27IN2O6S. The molecule has 0 aromatic heterocycles. The van der Waals surface area contributed by atoms with Gasteiger partial charge in [-0.3, -0.25) is 14.5 Å². The molecule has 1 heterocycles. The van der Waals surface area contributed by atoms with Gasteiger partial charge in [0.05, 0.1) is 42.3 Å². The third-order valence-electron chi connectivity index (χ3n) is 5.94. The van der Waals surface area contributed by atoms with E-state index in [0.717, 1.165) is 24.0 Å². The van der Waals surface area contributed by atoms with Crippen LogP contribution >= 0.6 is 22.6 Å². The molecule has 0 spiro atoms. The smallest absolute Gasteiger partial charge is 0.264 e. The second-order valence-corrected chi connectivity index (χ2v) is 11.8. The highest BCUT2D eigenvalue weighted by atomic mass is 127. The lowest BCUT2D eigenvalue weighted by Gasteiger charge is -2.27. The number of benzene rings is 2. The fraction of sp³-hybridized carbons (Fsp3) is 0.360. The van der Waals surface area contributed by atoms with Crippen LogP contribution in [0.1, 0.15) is 45.2 Å². The Balaban J connectivity index is 1.75. The maximum Gasteiger partial charge on any atom is 0.264 e. The predicted octanol–water partition coefficient (Wildman–Crippen LogP) is 4.23. The second-order valence-electron chi connectivity index (χ2n) is 8.84. The van der Waals surface area contributed by atoms with Crippen molar-refractivity contribution >= 4 is 49.9 Å². The monoisotopic (exact) mass is 610 g/mol. The number of hydrogen-bond donors (Lipinski definition) is 1. The molecule has 1 aliphatic carbocycles. The molecule has 186 valence electrons. The summed E-state index contributed by atoms with van der Waals surface area (Å²) in [4.78, 5) is 28.1. The number of sulfone groups is 1. The van der Waals surface area contributed by atoms with Gasteiger partial charge < -0.3 is 14.8 Å². The van der Waals surface area contributed by atoms with E-state index in [4.69, 9.17) is 9.47 Å². The molecule has 2 aliphatic rings. The van der Waals surface area contributed by atoms with Crippen molar-refractivity contribution in [2.24, 2.45) is 5.92 Å². The maximum absolute atomic E-state index is 13.6. The van der Waals surface area contributed by atoms with Gasteiger partial charge in [0, 0.05) is 16.4 Å². The SMILES string of the molecule is C=C(CI)Nc1cccc2c1C(=O)N(C(CS(C)(=O)=O)c1ccc(OC)c(OCC3CC3)c1)C2=O.